The second kappa shape index (κ2) is 10.8. The average molecular weight is 454 g/mol. The number of carbonyl (C=O) groups excluding carboxylic acids is 2. The maximum Gasteiger partial charge on any atom is 0.251 e. The number of nitrogens with one attached hydrogen (secondary N) is 2. The number of carbonyl (C=O) groups is 2. The number of aromatic nitrogens is 3. The number of ether oxygens (including phenoxy) is 1. The summed E-state index contributed by atoms with van der Waals surface area (Å²) < 4.78 is 7.22. The quantitative estimate of drug-likeness (QED) is 0.478. The van der Waals surface area contributed by atoms with Crippen molar-refractivity contribution in [2.75, 3.05) is 18.2 Å². The monoisotopic (exact) mass is 453 g/mol. The number of benzene rings is 2. The van der Waals surface area contributed by atoms with Crippen LogP contribution in [0.15, 0.2) is 53.7 Å². The van der Waals surface area contributed by atoms with E-state index in [9.17, 15) is 9.59 Å². The van der Waals surface area contributed by atoms with E-state index in [2.05, 4.69) is 20.8 Å². The second-order valence-electron chi connectivity index (χ2n) is 7.19. The summed E-state index contributed by atoms with van der Waals surface area (Å²) in [7, 11) is 1.57. The van der Waals surface area contributed by atoms with E-state index < -0.39 is 0 Å². The smallest absolute Gasteiger partial charge is 0.251 e. The summed E-state index contributed by atoms with van der Waals surface area (Å²) in [5.41, 5.74) is 2.24. The number of nitrogens with zero attached hydrogens (tertiary/aromatic N) is 3. The maximum absolute atomic E-state index is 12.5. The standard InChI is InChI=1S/C23H27N5O3S/c1-5-28-21(16(3)24-22(30)17-9-7-6-8-10-17)26-27-23(28)32-14-20(29)25-18-13-15(2)11-12-19(18)31-4/h6-13,16H,5,14H2,1-4H3,(H,24,30)(H,25,29)/t16-/m1/s1. The zero-order valence-corrected chi connectivity index (χ0v) is 19.4. The second-order valence-corrected chi connectivity index (χ2v) is 8.13. The molecular weight excluding hydrogens is 426 g/mol. The molecule has 3 aromatic rings. The molecule has 1 aromatic heterocycles. The highest BCUT2D eigenvalue weighted by molar-refractivity contribution is 7.99. The lowest BCUT2D eigenvalue weighted by molar-refractivity contribution is -0.113. The number of hydrogen-bond acceptors (Lipinski definition) is 6. The molecule has 3 rings (SSSR count). The predicted molar refractivity (Wildman–Crippen MR) is 125 cm³/mol. The number of aryl methyl sites for hydroxylation is 1. The summed E-state index contributed by atoms with van der Waals surface area (Å²) in [4.78, 5) is 25.0. The van der Waals surface area contributed by atoms with Crippen LogP contribution in [0.4, 0.5) is 5.69 Å². The number of hydrogen-bond donors (Lipinski definition) is 2. The van der Waals surface area contributed by atoms with Gasteiger partial charge in [-0.05, 0) is 50.6 Å². The summed E-state index contributed by atoms with van der Waals surface area (Å²) in [6.07, 6.45) is 0. The zero-order valence-electron chi connectivity index (χ0n) is 18.6. The maximum atomic E-state index is 12.5. The highest BCUT2D eigenvalue weighted by Crippen LogP contribution is 2.26. The predicted octanol–water partition coefficient (Wildman–Crippen LogP) is 3.84. The first-order valence-corrected chi connectivity index (χ1v) is 11.3. The van der Waals surface area contributed by atoms with Crippen molar-refractivity contribution in [3.05, 3.63) is 65.5 Å². The largest absolute Gasteiger partial charge is 0.495 e. The third-order valence-corrected chi connectivity index (χ3v) is 5.76. The van der Waals surface area contributed by atoms with Crippen LogP contribution in [0.1, 0.15) is 41.6 Å². The summed E-state index contributed by atoms with van der Waals surface area (Å²) in [5.74, 6) is 1.07. The summed E-state index contributed by atoms with van der Waals surface area (Å²) in [5, 5.41) is 15.0. The number of methoxy groups -OCH3 is 1. The van der Waals surface area contributed by atoms with Crippen molar-refractivity contribution >= 4 is 29.3 Å². The lowest BCUT2D eigenvalue weighted by Crippen LogP contribution is -2.28. The van der Waals surface area contributed by atoms with Gasteiger partial charge in [0.15, 0.2) is 11.0 Å². The third kappa shape index (κ3) is 5.67. The molecule has 2 amide bonds. The van der Waals surface area contributed by atoms with Crippen LogP contribution in [0, 0.1) is 6.92 Å². The van der Waals surface area contributed by atoms with Gasteiger partial charge in [-0.15, -0.1) is 10.2 Å². The van der Waals surface area contributed by atoms with Gasteiger partial charge < -0.3 is 19.9 Å². The Morgan fingerprint density at radius 1 is 1.16 bits per heavy atom. The Morgan fingerprint density at radius 2 is 1.91 bits per heavy atom. The van der Waals surface area contributed by atoms with Crippen LogP contribution in [0.25, 0.3) is 0 Å². The highest BCUT2D eigenvalue weighted by atomic mass is 32.2. The van der Waals surface area contributed by atoms with Crippen LogP contribution in [0.2, 0.25) is 0 Å². The molecule has 0 saturated carbocycles. The lowest BCUT2D eigenvalue weighted by Gasteiger charge is -2.15. The normalized spacial score (nSPS) is 11.6. The Bertz CT molecular complexity index is 1080. The molecule has 0 fully saturated rings. The molecule has 32 heavy (non-hydrogen) atoms. The van der Waals surface area contributed by atoms with Gasteiger partial charge in [0, 0.05) is 12.1 Å². The molecule has 1 heterocycles. The Morgan fingerprint density at radius 3 is 2.59 bits per heavy atom. The molecule has 0 unspecified atom stereocenters. The minimum absolute atomic E-state index is 0.167. The average Bonchev–Trinajstić information content (AvgIpc) is 3.21. The molecule has 1 atom stereocenters. The topological polar surface area (TPSA) is 98.1 Å². The van der Waals surface area contributed by atoms with Gasteiger partial charge in [-0.2, -0.15) is 0 Å². The van der Waals surface area contributed by atoms with Crippen LogP contribution in [-0.4, -0.2) is 39.4 Å². The first-order chi connectivity index (χ1) is 15.4. The molecule has 2 N–H and O–H groups in total. The van der Waals surface area contributed by atoms with Gasteiger partial charge in [0.05, 0.1) is 24.6 Å². The summed E-state index contributed by atoms with van der Waals surface area (Å²) in [6, 6.07) is 14.3. The fourth-order valence-corrected chi connectivity index (χ4v) is 4.00. The van der Waals surface area contributed by atoms with Crippen molar-refractivity contribution in [3.8, 4) is 5.75 Å². The highest BCUT2D eigenvalue weighted by Gasteiger charge is 2.20. The SMILES string of the molecule is CCn1c(SCC(=O)Nc2cc(C)ccc2OC)nnc1[C@@H](C)NC(=O)c1ccccc1. The zero-order chi connectivity index (χ0) is 23.1. The van der Waals surface area contributed by atoms with Gasteiger partial charge in [-0.1, -0.05) is 36.0 Å². The van der Waals surface area contributed by atoms with E-state index >= 15 is 0 Å². The first-order valence-electron chi connectivity index (χ1n) is 10.3. The van der Waals surface area contributed by atoms with E-state index in [1.807, 2.05) is 61.7 Å². The lowest BCUT2D eigenvalue weighted by atomic mass is 10.2. The molecule has 9 heteroatoms. The summed E-state index contributed by atoms with van der Waals surface area (Å²) in [6.45, 7) is 6.40. The van der Waals surface area contributed by atoms with Gasteiger partial charge in [0.25, 0.3) is 5.91 Å². The summed E-state index contributed by atoms with van der Waals surface area (Å²) >= 11 is 1.29. The van der Waals surface area contributed by atoms with Crippen molar-refractivity contribution in [2.45, 2.75) is 38.5 Å². The minimum Gasteiger partial charge on any atom is -0.495 e. The van der Waals surface area contributed by atoms with Crippen LogP contribution < -0.4 is 15.4 Å². The minimum atomic E-state index is -0.338. The van der Waals surface area contributed by atoms with E-state index in [0.29, 0.717) is 34.5 Å². The number of thioether (sulfide) groups is 1. The molecule has 0 bridgehead atoms. The van der Waals surface area contributed by atoms with Crippen molar-refractivity contribution in [1.82, 2.24) is 20.1 Å². The molecular formula is C23H27N5O3S. The third-order valence-electron chi connectivity index (χ3n) is 4.79. The Kier molecular flexibility index (Phi) is 7.88. The Balaban J connectivity index is 1.64. The Labute approximate surface area is 191 Å². The van der Waals surface area contributed by atoms with Crippen LogP contribution in [0.5, 0.6) is 5.75 Å². The number of amides is 2. The van der Waals surface area contributed by atoms with E-state index in [4.69, 9.17) is 4.74 Å². The van der Waals surface area contributed by atoms with Crippen molar-refractivity contribution in [2.24, 2.45) is 0 Å². The van der Waals surface area contributed by atoms with E-state index in [1.165, 1.54) is 11.8 Å². The fraction of sp³-hybridized carbons (Fsp3) is 0.304. The van der Waals surface area contributed by atoms with Crippen molar-refractivity contribution in [3.63, 3.8) is 0 Å². The van der Waals surface area contributed by atoms with Gasteiger partial charge in [-0.25, -0.2) is 0 Å². The van der Waals surface area contributed by atoms with E-state index in [1.54, 1.807) is 19.2 Å². The molecule has 0 saturated heterocycles. The molecule has 2 aromatic carbocycles. The van der Waals surface area contributed by atoms with Crippen LogP contribution >= 0.6 is 11.8 Å². The van der Waals surface area contributed by atoms with Crippen molar-refractivity contribution in [1.29, 1.82) is 0 Å². The van der Waals surface area contributed by atoms with Gasteiger partial charge >= 0.3 is 0 Å². The molecule has 0 radical (unpaired) electrons. The fourth-order valence-electron chi connectivity index (χ4n) is 3.19. The van der Waals surface area contributed by atoms with E-state index in [-0.39, 0.29) is 23.6 Å². The molecule has 0 aliphatic rings. The van der Waals surface area contributed by atoms with Gasteiger partial charge in [0.2, 0.25) is 5.91 Å². The van der Waals surface area contributed by atoms with Gasteiger partial charge in [-0.3, -0.25) is 9.59 Å². The molecule has 0 aliphatic carbocycles. The number of anilines is 1. The Hall–Kier alpha value is -3.33. The first kappa shape index (κ1) is 23.3. The van der Waals surface area contributed by atoms with Gasteiger partial charge in [0.1, 0.15) is 5.75 Å². The molecule has 0 spiro atoms. The van der Waals surface area contributed by atoms with Crippen molar-refractivity contribution < 1.29 is 14.3 Å². The number of rotatable bonds is 9. The van der Waals surface area contributed by atoms with Crippen LogP contribution in [-0.2, 0) is 11.3 Å². The molecule has 0 aliphatic heterocycles. The van der Waals surface area contributed by atoms with Crippen LogP contribution in [0.3, 0.4) is 0 Å². The van der Waals surface area contributed by atoms with E-state index in [0.717, 1.165) is 5.56 Å². The molecule has 168 valence electrons. The molecule has 8 nitrogen and oxygen atoms in total.